The van der Waals surface area contributed by atoms with Crippen molar-refractivity contribution in [3.05, 3.63) is 58.5 Å². The number of aliphatic hydroxyl groups is 1. The summed E-state index contributed by atoms with van der Waals surface area (Å²) in [4.78, 5) is 11.9. The molecule has 0 aliphatic rings. The van der Waals surface area contributed by atoms with Crippen LogP contribution in [0, 0.1) is 0 Å². The highest BCUT2D eigenvalue weighted by Crippen LogP contribution is 2.22. The summed E-state index contributed by atoms with van der Waals surface area (Å²) in [6.07, 6.45) is 0. The van der Waals surface area contributed by atoms with Crippen LogP contribution >= 0.6 is 11.3 Å². The van der Waals surface area contributed by atoms with Gasteiger partial charge in [-0.2, -0.15) is 11.3 Å². The highest BCUT2D eigenvalue weighted by atomic mass is 32.1. The van der Waals surface area contributed by atoms with Crippen molar-refractivity contribution in [2.45, 2.75) is 19.1 Å². The molecule has 0 aliphatic carbocycles. The average molecular weight is 330 g/mol. The topological polar surface area (TPSA) is 74.5 Å². The Balaban J connectivity index is 1.51. The van der Waals surface area contributed by atoms with Crippen LogP contribution in [0.25, 0.3) is 11.0 Å². The zero-order chi connectivity index (χ0) is 16.3. The summed E-state index contributed by atoms with van der Waals surface area (Å²) in [6.45, 7) is 2.10. The van der Waals surface area contributed by atoms with E-state index in [1.807, 2.05) is 47.2 Å². The van der Waals surface area contributed by atoms with Crippen LogP contribution < -0.4 is 10.6 Å². The van der Waals surface area contributed by atoms with Crippen molar-refractivity contribution in [3.8, 4) is 0 Å². The Morgan fingerprint density at radius 3 is 2.87 bits per heavy atom. The fraction of sp³-hybridized carbons (Fsp3) is 0.235. The van der Waals surface area contributed by atoms with E-state index in [-0.39, 0.29) is 12.6 Å². The second-order valence-corrected chi connectivity index (χ2v) is 6.35. The smallest absolute Gasteiger partial charge is 0.315 e. The molecular formula is C17H18N2O3S. The Morgan fingerprint density at radius 1 is 1.30 bits per heavy atom. The number of hydrogen-bond donors (Lipinski definition) is 3. The summed E-state index contributed by atoms with van der Waals surface area (Å²) in [7, 11) is 0. The third kappa shape index (κ3) is 3.72. The molecule has 120 valence electrons. The molecule has 0 spiro atoms. The van der Waals surface area contributed by atoms with Crippen LogP contribution in [0.5, 0.6) is 0 Å². The molecule has 2 heterocycles. The van der Waals surface area contributed by atoms with Gasteiger partial charge in [-0.05, 0) is 41.4 Å². The maximum Gasteiger partial charge on any atom is 0.315 e. The largest absolute Gasteiger partial charge is 0.459 e. The monoisotopic (exact) mass is 330 g/mol. The zero-order valence-corrected chi connectivity index (χ0v) is 13.5. The molecule has 1 atom stereocenters. The number of thiophene rings is 1. The lowest BCUT2D eigenvalue weighted by Gasteiger charge is -2.22. The molecule has 0 bridgehead atoms. The molecule has 1 unspecified atom stereocenters. The summed E-state index contributed by atoms with van der Waals surface area (Å²) in [5, 5.41) is 20.5. The molecule has 0 saturated carbocycles. The summed E-state index contributed by atoms with van der Waals surface area (Å²) in [5.41, 5.74) is 0.502. The Labute approximate surface area is 137 Å². The number of rotatable bonds is 5. The van der Waals surface area contributed by atoms with E-state index < -0.39 is 5.60 Å². The normalized spacial score (nSPS) is 13.7. The molecular weight excluding hydrogens is 312 g/mol. The Morgan fingerprint density at radius 2 is 2.13 bits per heavy atom. The summed E-state index contributed by atoms with van der Waals surface area (Å²) < 4.78 is 5.63. The van der Waals surface area contributed by atoms with Gasteiger partial charge in [-0.3, -0.25) is 0 Å². The van der Waals surface area contributed by atoms with Crippen molar-refractivity contribution in [3.63, 3.8) is 0 Å². The van der Waals surface area contributed by atoms with Crippen LogP contribution in [0.3, 0.4) is 0 Å². The summed E-state index contributed by atoms with van der Waals surface area (Å²) in [5.74, 6) is 0.686. The molecule has 5 nitrogen and oxygen atoms in total. The van der Waals surface area contributed by atoms with E-state index in [0.717, 1.165) is 16.5 Å². The van der Waals surface area contributed by atoms with E-state index in [4.69, 9.17) is 4.42 Å². The number of carbonyl (C=O) groups excluding carboxylic acids is 1. The third-order valence-electron chi connectivity index (χ3n) is 3.64. The fourth-order valence-electron chi connectivity index (χ4n) is 2.28. The SMILES string of the molecule is CC(O)(CNC(=O)NCc1cc2ccccc2o1)c1ccsc1. The lowest BCUT2D eigenvalue weighted by Crippen LogP contribution is -2.43. The molecule has 1 aromatic carbocycles. The number of urea groups is 1. The van der Waals surface area contributed by atoms with Crippen LogP contribution in [-0.4, -0.2) is 17.7 Å². The van der Waals surface area contributed by atoms with Gasteiger partial charge >= 0.3 is 6.03 Å². The van der Waals surface area contributed by atoms with Crippen molar-refractivity contribution in [1.29, 1.82) is 0 Å². The van der Waals surface area contributed by atoms with E-state index in [9.17, 15) is 9.90 Å². The molecule has 2 aromatic heterocycles. The van der Waals surface area contributed by atoms with Crippen molar-refractivity contribution in [1.82, 2.24) is 10.6 Å². The number of fused-ring (bicyclic) bond motifs is 1. The van der Waals surface area contributed by atoms with Crippen LogP contribution in [0.15, 0.2) is 51.6 Å². The van der Waals surface area contributed by atoms with Crippen molar-refractivity contribution < 1.29 is 14.3 Å². The van der Waals surface area contributed by atoms with Gasteiger partial charge in [0.05, 0.1) is 13.1 Å². The molecule has 23 heavy (non-hydrogen) atoms. The first-order valence-corrected chi connectivity index (χ1v) is 8.23. The standard InChI is InChI=1S/C17H18N2O3S/c1-17(21,13-6-7-23-10-13)11-19-16(20)18-9-14-8-12-4-2-3-5-15(12)22-14/h2-8,10,21H,9,11H2,1H3,(H2,18,19,20). The first kappa shape index (κ1) is 15.6. The van der Waals surface area contributed by atoms with Crippen molar-refractivity contribution >= 4 is 28.3 Å². The van der Waals surface area contributed by atoms with Crippen LogP contribution in [0.1, 0.15) is 18.2 Å². The molecule has 0 saturated heterocycles. The molecule has 3 rings (SSSR count). The van der Waals surface area contributed by atoms with E-state index in [0.29, 0.717) is 12.3 Å². The maximum atomic E-state index is 11.9. The number of hydrogen-bond acceptors (Lipinski definition) is 4. The van der Waals surface area contributed by atoms with Crippen LogP contribution in [0.4, 0.5) is 4.79 Å². The van der Waals surface area contributed by atoms with E-state index >= 15 is 0 Å². The number of furan rings is 1. The molecule has 3 N–H and O–H groups in total. The van der Waals surface area contributed by atoms with Crippen LogP contribution in [0.2, 0.25) is 0 Å². The van der Waals surface area contributed by atoms with Crippen molar-refractivity contribution in [2.75, 3.05) is 6.54 Å². The van der Waals surface area contributed by atoms with E-state index in [1.165, 1.54) is 11.3 Å². The van der Waals surface area contributed by atoms with Gasteiger partial charge in [0.15, 0.2) is 0 Å². The van der Waals surface area contributed by atoms with Gasteiger partial charge in [0.25, 0.3) is 0 Å². The van der Waals surface area contributed by atoms with E-state index in [1.54, 1.807) is 6.92 Å². The predicted octanol–water partition coefficient (Wildman–Crippen LogP) is 3.20. The number of amides is 2. The Hall–Kier alpha value is -2.31. The molecule has 0 fully saturated rings. The lowest BCUT2D eigenvalue weighted by molar-refractivity contribution is 0.0598. The highest BCUT2D eigenvalue weighted by molar-refractivity contribution is 7.08. The Bertz CT molecular complexity index is 760. The summed E-state index contributed by atoms with van der Waals surface area (Å²) in [6, 6.07) is 11.1. The maximum absolute atomic E-state index is 11.9. The second-order valence-electron chi connectivity index (χ2n) is 5.57. The zero-order valence-electron chi connectivity index (χ0n) is 12.7. The van der Waals surface area contributed by atoms with Gasteiger partial charge in [-0.1, -0.05) is 18.2 Å². The third-order valence-corrected chi connectivity index (χ3v) is 4.32. The molecule has 0 radical (unpaired) electrons. The molecule has 6 heteroatoms. The van der Waals surface area contributed by atoms with Crippen molar-refractivity contribution in [2.24, 2.45) is 0 Å². The predicted molar refractivity (Wildman–Crippen MR) is 90.3 cm³/mol. The lowest BCUT2D eigenvalue weighted by atomic mass is 9.99. The molecule has 2 amide bonds. The van der Waals surface area contributed by atoms with Gasteiger partial charge in [0.1, 0.15) is 16.9 Å². The average Bonchev–Trinajstić information content (AvgIpc) is 3.20. The number of carbonyl (C=O) groups is 1. The first-order chi connectivity index (χ1) is 11.0. The quantitative estimate of drug-likeness (QED) is 0.672. The van der Waals surface area contributed by atoms with Crippen LogP contribution in [-0.2, 0) is 12.1 Å². The number of nitrogens with one attached hydrogen (secondary N) is 2. The van der Waals surface area contributed by atoms with Gasteiger partial charge in [0.2, 0.25) is 0 Å². The van der Waals surface area contributed by atoms with Gasteiger partial charge < -0.3 is 20.2 Å². The summed E-state index contributed by atoms with van der Waals surface area (Å²) >= 11 is 1.51. The van der Waals surface area contributed by atoms with Gasteiger partial charge in [0, 0.05) is 5.39 Å². The molecule has 3 aromatic rings. The minimum atomic E-state index is -1.09. The first-order valence-electron chi connectivity index (χ1n) is 7.29. The van der Waals surface area contributed by atoms with E-state index in [2.05, 4.69) is 10.6 Å². The second kappa shape index (κ2) is 6.44. The highest BCUT2D eigenvalue weighted by Gasteiger charge is 2.24. The van der Waals surface area contributed by atoms with Gasteiger partial charge in [-0.25, -0.2) is 4.79 Å². The fourth-order valence-corrected chi connectivity index (χ4v) is 3.06. The number of benzene rings is 1. The minimum Gasteiger partial charge on any atom is -0.459 e. The number of para-hydroxylation sites is 1. The Kier molecular flexibility index (Phi) is 4.36. The molecule has 0 aliphatic heterocycles. The minimum absolute atomic E-state index is 0.135. The van der Waals surface area contributed by atoms with Gasteiger partial charge in [-0.15, -0.1) is 0 Å².